The Morgan fingerprint density at radius 2 is 1.88 bits per heavy atom. The number of halogens is 2. The van der Waals surface area contributed by atoms with Crippen LogP contribution < -0.4 is 9.80 Å². The lowest BCUT2D eigenvalue weighted by atomic mass is 10.2. The molecule has 5 nitrogen and oxygen atoms in total. The molecule has 0 saturated carbocycles. The summed E-state index contributed by atoms with van der Waals surface area (Å²) < 4.78 is 27.2. The molecule has 1 aliphatic rings. The van der Waals surface area contributed by atoms with Gasteiger partial charge in [-0.1, -0.05) is 0 Å². The fourth-order valence-electron chi connectivity index (χ4n) is 3.14. The molecular formula is C18H23F2N5. The minimum absolute atomic E-state index is 0.279. The van der Waals surface area contributed by atoms with Crippen LogP contribution in [0.15, 0.2) is 30.6 Å². The van der Waals surface area contributed by atoms with Gasteiger partial charge in [0.25, 0.3) is 0 Å². The van der Waals surface area contributed by atoms with Crippen LogP contribution in [0.25, 0.3) is 0 Å². The topological polar surface area (TPSA) is 35.5 Å². The van der Waals surface area contributed by atoms with Gasteiger partial charge in [0.05, 0.1) is 0 Å². The summed E-state index contributed by atoms with van der Waals surface area (Å²) >= 11 is 0. The molecule has 1 saturated heterocycles. The third-order valence-corrected chi connectivity index (χ3v) is 4.65. The highest BCUT2D eigenvalue weighted by Gasteiger charge is 2.27. The van der Waals surface area contributed by atoms with E-state index in [1.54, 1.807) is 6.33 Å². The maximum absolute atomic E-state index is 13.8. The summed E-state index contributed by atoms with van der Waals surface area (Å²) in [6.45, 7) is 2.05. The number of likely N-dealkylation sites (tertiary alicyclic amines) is 1. The van der Waals surface area contributed by atoms with E-state index in [1.807, 2.05) is 32.1 Å². The van der Waals surface area contributed by atoms with Gasteiger partial charge in [-0.05, 0) is 24.6 Å². The molecule has 1 unspecified atom stereocenters. The van der Waals surface area contributed by atoms with E-state index in [0.717, 1.165) is 37.2 Å². The van der Waals surface area contributed by atoms with Crippen molar-refractivity contribution in [3.8, 4) is 0 Å². The van der Waals surface area contributed by atoms with Crippen LogP contribution >= 0.6 is 0 Å². The first-order chi connectivity index (χ1) is 11.9. The minimum Gasteiger partial charge on any atom is -0.363 e. The van der Waals surface area contributed by atoms with E-state index in [9.17, 15) is 8.78 Å². The molecular weight excluding hydrogens is 324 g/mol. The van der Waals surface area contributed by atoms with Crippen molar-refractivity contribution in [2.24, 2.45) is 0 Å². The first kappa shape index (κ1) is 17.5. The molecule has 0 aliphatic carbocycles. The van der Waals surface area contributed by atoms with E-state index < -0.39 is 5.82 Å². The molecule has 1 aromatic carbocycles. The van der Waals surface area contributed by atoms with Crippen LogP contribution in [0.2, 0.25) is 0 Å². The van der Waals surface area contributed by atoms with Crippen LogP contribution in [-0.2, 0) is 6.54 Å². The summed E-state index contributed by atoms with van der Waals surface area (Å²) in [5, 5.41) is 0. The first-order valence-corrected chi connectivity index (χ1v) is 8.32. The number of hydrogen-bond acceptors (Lipinski definition) is 5. The van der Waals surface area contributed by atoms with Crippen LogP contribution in [0.3, 0.4) is 0 Å². The lowest BCUT2D eigenvalue weighted by molar-refractivity contribution is 0.319. The molecule has 0 amide bonds. The number of likely N-dealkylation sites (N-methyl/N-ethyl adjacent to an activating group) is 1. The Labute approximate surface area is 146 Å². The van der Waals surface area contributed by atoms with Gasteiger partial charge >= 0.3 is 0 Å². The highest BCUT2D eigenvalue weighted by molar-refractivity contribution is 5.49. The lowest BCUT2D eigenvalue weighted by Gasteiger charge is -2.26. The fraction of sp³-hybridized carbons (Fsp3) is 0.444. The average Bonchev–Trinajstić information content (AvgIpc) is 3.06. The zero-order chi connectivity index (χ0) is 18.0. The van der Waals surface area contributed by atoms with Gasteiger partial charge in [-0.3, -0.25) is 4.90 Å². The molecule has 0 N–H and O–H groups in total. The van der Waals surface area contributed by atoms with Crippen LogP contribution in [0, 0.1) is 11.6 Å². The molecule has 2 aromatic rings. The molecule has 0 bridgehead atoms. The molecule has 1 aliphatic heterocycles. The first-order valence-electron chi connectivity index (χ1n) is 8.32. The van der Waals surface area contributed by atoms with E-state index in [4.69, 9.17) is 0 Å². The van der Waals surface area contributed by atoms with Crippen LogP contribution in [0.4, 0.5) is 20.4 Å². The molecule has 0 spiro atoms. The van der Waals surface area contributed by atoms with Gasteiger partial charge in [-0.25, -0.2) is 18.7 Å². The second kappa shape index (κ2) is 7.31. The molecule has 1 aromatic heterocycles. The zero-order valence-corrected chi connectivity index (χ0v) is 14.8. The quantitative estimate of drug-likeness (QED) is 0.831. The predicted octanol–water partition coefficient (Wildman–Crippen LogP) is 2.53. The number of benzene rings is 1. The van der Waals surface area contributed by atoms with Crippen molar-refractivity contribution in [2.45, 2.75) is 19.0 Å². The molecule has 134 valence electrons. The maximum Gasteiger partial charge on any atom is 0.134 e. The van der Waals surface area contributed by atoms with E-state index >= 15 is 0 Å². The Balaban J connectivity index is 1.66. The van der Waals surface area contributed by atoms with Crippen molar-refractivity contribution in [1.29, 1.82) is 0 Å². The molecule has 25 heavy (non-hydrogen) atoms. The van der Waals surface area contributed by atoms with Gasteiger partial charge in [0.1, 0.15) is 29.6 Å². The van der Waals surface area contributed by atoms with E-state index in [1.165, 1.54) is 12.1 Å². The summed E-state index contributed by atoms with van der Waals surface area (Å²) in [6, 6.07) is 5.85. The van der Waals surface area contributed by atoms with Crippen molar-refractivity contribution in [1.82, 2.24) is 14.9 Å². The van der Waals surface area contributed by atoms with Crippen molar-refractivity contribution < 1.29 is 8.78 Å². The molecule has 7 heteroatoms. The van der Waals surface area contributed by atoms with Gasteiger partial charge < -0.3 is 9.80 Å². The van der Waals surface area contributed by atoms with Crippen LogP contribution in [-0.4, -0.2) is 55.1 Å². The minimum atomic E-state index is -0.401. The zero-order valence-electron chi connectivity index (χ0n) is 14.8. The SMILES string of the molecule is CN(C)c1cc(N(C)C2CCN(Cc3cc(F)ccc3F)C2)ncn1. The Morgan fingerprint density at radius 3 is 2.64 bits per heavy atom. The average molecular weight is 347 g/mol. The fourth-order valence-corrected chi connectivity index (χ4v) is 3.14. The smallest absolute Gasteiger partial charge is 0.134 e. The maximum atomic E-state index is 13.8. The number of anilines is 2. The molecule has 1 atom stereocenters. The van der Waals surface area contributed by atoms with Gasteiger partial charge in [-0.2, -0.15) is 0 Å². The van der Waals surface area contributed by atoms with Crippen molar-refractivity contribution >= 4 is 11.6 Å². The van der Waals surface area contributed by atoms with Gasteiger partial charge in [0, 0.05) is 58.4 Å². The van der Waals surface area contributed by atoms with E-state index in [2.05, 4.69) is 19.8 Å². The summed E-state index contributed by atoms with van der Waals surface area (Å²) in [7, 11) is 5.90. The third-order valence-electron chi connectivity index (χ3n) is 4.65. The van der Waals surface area contributed by atoms with Crippen molar-refractivity contribution in [3.63, 3.8) is 0 Å². The van der Waals surface area contributed by atoms with Crippen molar-refractivity contribution in [3.05, 3.63) is 47.8 Å². The normalized spacial score (nSPS) is 17.7. The Morgan fingerprint density at radius 1 is 1.12 bits per heavy atom. The Hall–Kier alpha value is -2.28. The molecule has 0 radical (unpaired) electrons. The standard InChI is InChI=1S/C18H23F2N5/c1-23(2)17-9-18(22-12-21-17)24(3)15-6-7-25(11-15)10-13-8-14(19)4-5-16(13)20/h4-5,8-9,12,15H,6-7,10-11H2,1-3H3. The number of rotatable bonds is 5. The highest BCUT2D eigenvalue weighted by atomic mass is 19.1. The van der Waals surface area contributed by atoms with Crippen LogP contribution in [0.5, 0.6) is 0 Å². The monoisotopic (exact) mass is 347 g/mol. The number of nitrogens with zero attached hydrogens (tertiary/aromatic N) is 5. The summed E-state index contributed by atoms with van der Waals surface area (Å²) in [5.74, 6) is 0.960. The van der Waals surface area contributed by atoms with Gasteiger partial charge in [0.2, 0.25) is 0 Å². The number of hydrogen-bond donors (Lipinski definition) is 0. The second-order valence-electron chi connectivity index (χ2n) is 6.65. The molecule has 1 fully saturated rings. The second-order valence-corrected chi connectivity index (χ2v) is 6.65. The Kier molecular flexibility index (Phi) is 5.13. The van der Waals surface area contributed by atoms with Gasteiger partial charge in [-0.15, -0.1) is 0 Å². The van der Waals surface area contributed by atoms with Gasteiger partial charge in [0.15, 0.2) is 0 Å². The number of aromatic nitrogens is 2. The Bertz CT molecular complexity index is 737. The lowest BCUT2D eigenvalue weighted by Crippen LogP contribution is -2.35. The predicted molar refractivity (Wildman–Crippen MR) is 94.8 cm³/mol. The summed E-state index contributed by atoms with van der Waals surface area (Å²) in [5.41, 5.74) is 0.403. The van der Waals surface area contributed by atoms with Crippen LogP contribution in [0.1, 0.15) is 12.0 Å². The molecule has 2 heterocycles. The molecule has 3 rings (SSSR count). The summed E-state index contributed by atoms with van der Waals surface area (Å²) in [6.07, 6.45) is 2.52. The van der Waals surface area contributed by atoms with E-state index in [0.29, 0.717) is 12.1 Å². The third kappa shape index (κ3) is 4.04. The highest BCUT2D eigenvalue weighted by Crippen LogP contribution is 2.23. The largest absolute Gasteiger partial charge is 0.363 e. The van der Waals surface area contributed by atoms with Crippen molar-refractivity contribution in [2.75, 3.05) is 44.0 Å². The summed E-state index contributed by atoms with van der Waals surface area (Å²) in [4.78, 5) is 14.8. The van der Waals surface area contributed by atoms with E-state index in [-0.39, 0.29) is 11.9 Å².